The first-order valence-corrected chi connectivity index (χ1v) is 13.0. The quantitative estimate of drug-likeness (QED) is 0.407. The van der Waals surface area contributed by atoms with Gasteiger partial charge in [0.25, 0.3) is 0 Å². The molecule has 0 fully saturated rings. The van der Waals surface area contributed by atoms with Gasteiger partial charge in [0.05, 0.1) is 24.3 Å². The Kier molecular flexibility index (Phi) is 8.29. The molecule has 1 aliphatic heterocycles. The summed E-state index contributed by atoms with van der Waals surface area (Å²) in [6.07, 6.45) is 2.21. The molecule has 1 aliphatic rings. The number of nitrogens with zero attached hydrogens (tertiary/aromatic N) is 4. The van der Waals surface area contributed by atoms with Crippen LogP contribution in [0.25, 0.3) is 0 Å². The number of benzene rings is 2. The Hall–Kier alpha value is -3.23. The topological polar surface area (TPSA) is 89.7 Å². The van der Waals surface area contributed by atoms with Crippen molar-refractivity contribution >= 4 is 5.97 Å². The van der Waals surface area contributed by atoms with Crippen molar-refractivity contribution in [3.63, 3.8) is 0 Å². The van der Waals surface area contributed by atoms with E-state index in [9.17, 15) is 9.90 Å². The molecule has 2 atom stereocenters. The highest BCUT2D eigenvalue weighted by molar-refractivity contribution is 5.74. The third-order valence-corrected chi connectivity index (χ3v) is 7.16. The second-order valence-corrected chi connectivity index (χ2v) is 10.4. The summed E-state index contributed by atoms with van der Waals surface area (Å²) >= 11 is 0. The van der Waals surface area contributed by atoms with Crippen molar-refractivity contribution in [2.24, 2.45) is 5.41 Å². The predicted octanol–water partition coefficient (Wildman–Crippen LogP) is 5.15. The molecule has 0 aliphatic carbocycles. The third-order valence-electron chi connectivity index (χ3n) is 7.16. The van der Waals surface area contributed by atoms with E-state index in [1.807, 2.05) is 37.4 Å². The van der Waals surface area contributed by atoms with Crippen molar-refractivity contribution in [3.8, 4) is 5.75 Å². The van der Waals surface area contributed by atoms with Crippen LogP contribution in [0.15, 0.2) is 48.7 Å². The van der Waals surface area contributed by atoms with Gasteiger partial charge >= 0.3 is 5.97 Å². The lowest BCUT2D eigenvalue weighted by Crippen LogP contribution is -2.34. The zero-order valence-corrected chi connectivity index (χ0v) is 22.5. The van der Waals surface area contributed by atoms with Crippen LogP contribution in [0, 0.1) is 12.3 Å². The first-order valence-electron chi connectivity index (χ1n) is 13.0. The van der Waals surface area contributed by atoms with Crippen LogP contribution in [0.1, 0.15) is 68.2 Å². The number of hydrogen-bond donors (Lipinski definition) is 1. The summed E-state index contributed by atoms with van der Waals surface area (Å²) in [5, 5.41) is 18.3. The maximum Gasteiger partial charge on any atom is 0.312 e. The molecule has 3 aromatic rings. The maximum absolute atomic E-state index is 12.3. The summed E-state index contributed by atoms with van der Waals surface area (Å²) in [6.45, 7) is 12.9. The Morgan fingerprint density at radius 3 is 2.73 bits per heavy atom. The number of para-hydroxylation sites is 1. The first kappa shape index (κ1) is 26.8. The number of aromatic nitrogens is 3. The van der Waals surface area contributed by atoms with Crippen LogP contribution in [0.4, 0.5) is 0 Å². The van der Waals surface area contributed by atoms with E-state index in [4.69, 9.17) is 9.47 Å². The number of rotatable bonds is 10. The molecular formula is C29H38N4O4. The second kappa shape index (κ2) is 11.4. The van der Waals surface area contributed by atoms with Crippen molar-refractivity contribution in [1.29, 1.82) is 0 Å². The molecule has 1 N–H and O–H groups in total. The van der Waals surface area contributed by atoms with Crippen LogP contribution in [0.2, 0.25) is 0 Å². The normalized spacial score (nSPS) is 17.1. The number of hydrogen-bond acceptors (Lipinski definition) is 6. The fourth-order valence-corrected chi connectivity index (χ4v) is 4.72. The van der Waals surface area contributed by atoms with Crippen LogP contribution >= 0.6 is 0 Å². The second-order valence-electron chi connectivity index (χ2n) is 10.4. The molecule has 0 unspecified atom stereocenters. The smallest absolute Gasteiger partial charge is 0.312 e. The number of ether oxygens (including phenoxy) is 2. The molecule has 0 bridgehead atoms. The van der Waals surface area contributed by atoms with Gasteiger partial charge in [0.15, 0.2) is 0 Å². The van der Waals surface area contributed by atoms with Gasteiger partial charge in [-0.15, -0.1) is 5.10 Å². The summed E-state index contributed by atoms with van der Waals surface area (Å²) in [5.74, 6) is 0.0444. The molecule has 0 amide bonds. The Morgan fingerprint density at radius 1 is 1.24 bits per heavy atom. The minimum atomic E-state index is -1.14. The van der Waals surface area contributed by atoms with Crippen molar-refractivity contribution in [2.75, 3.05) is 6.54 Å². The van der Waals surface area contributed by atoms with Crippen molar-refractivity contribution in [3.05, 3.63) is 76.6 Å². The first-order chi connectivity index (χ1) is 17.7. The molecular weight excluding hydrogens is 468 g/mol. The monoisotopic (exact) mass is 506 g/mol. The number of carboxylic acid groups (broad SMARTS) is 1. The Labute approximate surface area is 219 Å². The SMILES string of the molecule is CC[C@@H]1CN(Cc2cc([C@H](OCc3cn(CC)nn3)C(C)(C)C(=O)O)ccc2C)Cc2ccccc2O1. The fourth-order valence-electron chi connectivity index (χ4n) is 4.72. The van der Waals surface area contributed by atoms with Gasteiger partial charge in [-0.1, -0.05) is 48.5 Å². The average Bonchev–Trinajstić information content (AvgIpc) is 3.26. The maximum atomic E-state index is 12.3. The van der Waals surface area contributed by atoms with Crippen molar-refractivity contribution < 1.29 is 19.4 Å². The lowest BCUT2D eigenvalue weighted by molar-refractivity contribution is -0.158. The number of carbonyl (C=O) groups is 1. The molecule has 37 heavy (non-hydrogen) atoms. The molecule has 2 aromatic carbocycles. The highest BCUT2D eigenvalue weighted by Crippen LogP contribution is 2.38. The van der Waals surface area contributed by atoms with Gasteiger partial charge in [-0.3, -0.25) is 14.4 Å². The lowest BCUT2D eigenvalue weighted by atomic mass is 9.81. The zero-order chi connectivity index (χ0) is 26.6. The Morgan fingerprint density at radius 2 is 2.03 bits per heavy atom. The largest absolute Gasteiger partial charge is 0.489 e. The fraction of sp³-hybridized carbons (Fsp3) is 0.483. The van der Waals surface area contributed by atoms with E-state index in [-0.39, 0.29) is 12.7 Å². The van der Waals surface area contributed by atoms with Crippen molar-refractivity contribution in [1.82, 2.24) is 19.9 Å². The molecule has 0 radical (unpaired) electrons. The number of carboxylic acids is 1. The highest BCUT2D eigenvalue weighted by atomic mass is 16.5. The summed E-state index contributed by atoms with van der Waals surface area (Å²) in [7, 11) is 0. The van der Waals surface area contributed by atoms with Crippen LogP contribution in [-0.2, 0) is 35.8 Å². The Balaban J connectivity index is 1.60. The highest BCUT2D eigenvalue weighted by Gasteiger charge is 2.39. The molecule has 0 spiro atoms. The molecule has 0 saturated carbocycles. The molecule has 198 valence electrons. The summed E-state index contributed by atoms with van der Waals surface area (Å²) in [5.41, 5.74) is 3.87. The predicted molar refractivity (Wildman–Crippen MR) is 141 cm³/mol. The van der Waals surface area contributed by atoms with E-state index in [0.29, 0.717) is 12.2 Å². The molecule has 8 heteroatoms. The molecule has 0 saturated heterocycles. The molecule has 8 nitrogen and oxygen atoms in total. The minimum Gasteiger partial charge on any atom is -0.489 e. The Bertz CT molecular complexity index is 1220. The average molecular weight is 507 g/mol. The van der Waals surface area contributed by atoms with Gasteiger partial charge < -0.3 is 14.6 Å². The summed E-state index contributed by atoms with van der Waals surface area (Å²) < 4.78 is 14.3. The summed E-state index contributed by atoms with van der Waals surface area (Å²) in [4.78, 5) is 14.7. The van der Waals surface area contributed by atoms with E-state index < -0.39 is 17.5 Å². The van der Waals surface area contributed by atoms with Crippen molar-refractivity contribution in [2.45, 2.75) is 79.5 Å². The third kappa shape index (κ3) is 6.19. The number of aryl methyl sites for hydroxylation is 2. The van der Waals surface area contributed by atoms with Gasteiger partial charge in [0.2, 0.25) is 0 Å². The molecule has 1 aromatic heterocycles. The van der Waals surface area contributed by atoms with Gasteiger partial charge in [0, 0.05) is 31.7 Å². The van der Waals surface area contributed by atoms with E-state index >= 15 is 0 Å². The molecule has 2 heterocycles. The van der Waals surface area contributed by atoms with E-state index in [1.165, 1.54) is 5.56 Å². The zero-order valence-electron chi connectivity index (χ0n) is 22.5. The van der Waals surface area contributed by atoms with Gasteiger partial charge in [0.1, 0.15) is 17.5 Å². The van der Waals surface area contributed by atoms with E-state index in [0.717, 1.165) is 48.5 Å². The lowest BCUT2D eigenvalue weighted by Gasteiger charge is -2.31. The van der Waals surface area contributed by atoms with Gasteiger partial charge in [-0.05, 0) is 56.9 Å². The van der Waals surface area contributed by atoms with E-state index in [2.05, 4.69) is 47.3 Å². The van der Waals surface area contributed by atoms with Crippen LogP contribution in [0.3, 0.4) is 0 Å². The standard InChI is InChI=1S/C29H38N4O4/c1-6-25-18-32(15-22-10-8-9-11-26(22)37-25)16-23-14-21(13-12-20(23)3)27(29(4,5)28(34)35)36-19-24-17-33(7-2)31-30-24/h8-14,17,25,27H,6-7,15-16,18-19H2,1-5H3,(H,34,35)/t25-,27+/m1/s1. The summed E-state index contributed by atoms with van der Waals surface area (Å²) in [6, 6.07) is 14.4. The van der Waals surface area contributed by atoms with Gasteiger partial charge in [-0.2, -0.15) is 0 Å². The van der Waals surface area contributed by atoms with Crippen LogP contribution < -0.4 is 4.74 Å². The number of fused-ring (bicyclic) bond motifs is 1. The van der Waals surface area contributed by atoms with Gasteiger partial charge in [-0.25, -0.2) is 0 Å². The number of aliphatic carboxylic acids is 1. The van der Waals surface area contributed by atoms with E-state index in [1.54, 1.807) is 18.5 Å². The minimum absolute atomic E-state index is 0.116. The van der Waals surface area contributed by atoms with Crippen LogP contribution in [-0.4, -0.2) is 43.6 Å². The van der Waals surface area contributed by atoms with Crippen LogP contribution in [0.5, 0.6) is 5.75 Å². The molecule has 4 rings (SSSR count).